The Balaban J connectivity index is 1.94. The zero-order valence-electron chi connectivity index (χ0n) is 28.6. The third-order valence-electron chi connectivity index (χ3n) is 9.16. The fourth-order valence-electron chi connectivity index (χ4n) is 6.28. The number of carboxylic acid groups (broad SMARTS) is 3. The van der Waals surface area contributed by atoms with Gasteiger partial charge >= 0.3 is 17.9 Å². The van der Waals surface area contributed by atoms with Crippen molar-refractivity contribution in [2.75, 3.05) is 0 Å². The second-order valence-corrected chi connectivity index (χ2v) is 13.3. The summed E-state index contributed by atoms with van der Waals surface area (Å²) in [5.74, 6) is -7.57. The van der Waals surface area contributed by atoms with E-state index in [2.05, 4.69) is 12.2 Å². The lowest BCUT2D eigenvalue weighted by Gasteiger charge is -2.30. The Labute approximate surface area is 284 Å². The van der Waals surface area contributed by atoms with Gasteiger partial charge in [-0.2, -0.15) is 0 Å². The molecule has 1 amide bonds. The fourth-order valence-corrected chi connectivity index (χ4v) is 6.28. The van der Waals surface area contributed by atoms with Gasteiger partial charge in [0.2, 0.25) is 5.91 Å². The monoisotopic (exact) mass is 675 g/mol. The van der Waals surface area contributed by atoms with Gasteiger partial charge in [-0.05, 0) is 50.5 Å². The standard InChI is InChI=1S/C37H57NO10/c1-2-3-4-7-11-16-28(39)17-12-8-5-6-9-15-20-31(37(47,36(45)46)26-33(40)41)34(42)38-32(35(43)44)25-27-21-23-30(24-22-27)48-29-18-13-10-14-19-29/h15,20-23,29-32,47H,2-14,16-19,24-26H2,1H3,(H,38,42)(H,40,41)(H,43,44)(H,45,46)/t30?,31-,32+,37+/m1/s1. The quantitative estimate of drug-likeness (QED) is 0.0544. The van der Waals surface area contributed by atoms with Crippen LogP contribution in [0.4, 0.5) is 0 Å². The zero-order chi connectivity index (χ0) is 35.4. The van der Waals surface area contributed by atoms with E-state index in [9.17, 15) is 44.4 Å². The van der Waals surface area contributed by atoms with Crippen LogP contribution in [0.5, 0.6) is 0 Å². The highest BCUT2D eigenvalue weighted by Gasteiger charge is 2.49. The molecule has 1 fully saturated rings. The van der Waals surface area contributed by atoms with Crippen LogP contribution in [0, 0.1) is 5.92 Å². The highest BCUT2D eigenvalue weighted by atomic mass is 16.5. The minimum atomic E-state index is -3.00. The van der Waals surface area contributed by atoms with E-state index < -0.39 is 47.8 Å². The summed E-state index contributed by atoms with van der Waals surface area (Å²) in [4.78, 5) is 61.2. The van der Waals surface area contributed by atoms with Crippen molar-refractivity contribution < 1.29 is 49.1 Å². The van der Waals surface area contributed by atoms with E-state index in [-0.39, 0.29) is 24.4 Å². The van der Waals surface area contributed by atoms with Gasteiger partial charge in [-0.25, -0.2) is 9.59 Å². The number of hydrogen-bond donors (Lipinski definition) is 5. The van der Waals surface area contributed by atoms with Crippen molar-refractivity contribution >= 4 is 29.6 Å². The van der Waals surface area contributed by atoms with Gasteiger partial charge in [0, 0.05) is 19.3 Å². The van der Waals surface area contributed by atoms with E-state index in [4.69, 9.17) is 4.74 Å². The van der Waals surface area contributed by atoms with Gasteiger partial charge in [-0.3, -0.25) is 14.4 Å². The molecule has 5 N–H and O–H groups in total. The highest BCUT2D eigenvalue weighted by Crippen LogP contribution is 2.27. The Morgan fingerprint density at radius 1 is 0.938 bits per heavy atom. The van der Waals surface area contributed by atoms with Crippen molar-refractivity contribution in [1.82, 2.24) is 5.32 Å². The van der Waals surface area contributed by atoms with Crippen LogP contribution in [0.3, 0.4) is 0 Å². The first-order chi connectivity index (χ1) is 23.0. The van der Waals surface area contributed by atoms with Crippen molar-refractivity contribution in [1.29, 1.82) is 0 Å². The Morgan fingerprint density at radius 2 is 1.58 bits per heavy atom. The topological polar surface area (TPSA) is 188 Å². The Hall–Kier alpha value is -3.31. The van der Waals surface area contributed by atoms with Crippen LogP contribution in [-0.2, 0) is 28.7 Å². The summed E-state index contributed by atoms with van der Waals surface area (Å²) in [6.45, 7) is 2.15. The summed E-state index contributed by atoms with van der Waals surface area (Å²) >= 11 is 0. The maximum atomic E-state index is 13.4. The number of carboxylic acids is 3. The third-order valence-corrected chi connectivity index (χ3v) is 9.16. The number of nitrogens with one attached hydrogen (secondary N) is 1. The fraction of sp³-hybridized carbons (Fsp3) is 0.703. The molecule has 0 spiro atoms. The molecule has 0 aromatic heterocycles. The summed E-state index contributed by atoms with van der Waals surface area (Å²) < 4.78 is 6.16. The lowest BCUT2D eigenvalue weighted by molar-refractivity contribution is -0.172. The minimum absolute atomic E-state index is 0.0874. The maximum absolute atomic E-state index is 13.4. The average Bonchev–Trinajstić information content (AvgIpc) is 3.04. The van der Waals surface area contributed by atoms with Gasteiger partial charge in [-0.15, -0.1) is 0 Å². The van der Waals surface area contributed by atoms with E-state index in [0.29, 0.717) is 37.7 Å². The number of carbonyl (C=O) groups excluding carboxylic acids is 2. The number of allylic oxidation sites excluding steroid dienone is 2. The van der Waals surface area contributed by atoms with Crippen LogP contribution >= 0.6 is 0 Å². The normalized spacial score (nSPS) is 19.3. The van der Waals surface area contributed by atoms with Gasteiger partial charge in [0.15, 0.2) is 5.60 Å². The molecule has 2 aliphatic rings. The van der Waals surface area contributed by atoms with E-state index in [1.165, 1.54) is 25.3 Å². The van der Waals surface area contributed by atoms with Gasteiger partial charge in [0.25, 0.3) is 0 Å². The number of carbonyl (C=O) groups is 5. The summed E-state index contributed by atoms with van der Waals surface area (Å²) in [7, 11) is 0. The summed E-state index contributed by atoms with van der Waals surface area (Å²) in [5, 5.41) is 42.3. The molecule has 0 aromatic rings. The molecule has 2 aliphatic carbocycles. The molecule has 11 heteroatoms. The first-order valence-electron chi connectivity index (χ1n) is 17.9. The number of ketones is 1. The maximum Gasteiger partial charge on any atom is 0.337 e. The van der Waals surface area contributed by atoms with Crippen molar-refractivity contribution in [2.45, 2.75) is 159 Å². The molecule has 1 saturated carbocycles. The van der Waals surface area contributed by atoms with E-state index >= 15 is 0 Å². The summed E-state index contributed by atoms with van der Waals surface area (Å²) in [6.07, 6.45) is 23.2. The first kappa shape index (κ1) is 40.9. The molecule has 0 saturated heterocycles. The number of Topliss-reactive ketones (excluding diaryl/α,β-unsaturated/α-hetero) is 1. The second kappa shape index (κ2) is 22.3. The van der Waals surface area contributed by atoms with E-state index in [1.807, 2.05) is 12.2 Å². The molecule has 4 atom stereocenters. The summed E-state index contributed by atoms with van der Waals surface area (Å²) in [6, 6.07) is -1.44. The largest absolute Gasteiger partial charge is 0.481 e. The molecular weight excluding hydrogens is 618 g/mol. The predicted octanol–water partition coefficient (Wildman–Crippen LogP) is 6.28. The molecule has 0 aliphatic heterocycles. The number of hydrogen-bond acceptors (Lipinski definition) is 7. The van der Waals surface area contributed by atoms with E-state index in [0.717, 1.165) is 70.3 Å². The van der Waals surface area contributed by atoms with Crippen LogP contribution in [0.2, 0.25) is 0 Å². The van der Waals surface area contributed by atoms with Gasteiger partial charge in [0.05, 0.1) is 24.5 Å². The average molecular weight is 676 g/mol. The first-order valence-corrected chi connectivity index (χ1v) is 17.9. The van der Waals surface area contributed by atoms with Crippen LogP contribution in [-0.4, -0.2) is 73.9 Å². The number of unbranched alkanes of at least 4 members (excludes halogenated alkanes) is 8. The second-order valence-electron chi connectivity index (χ2n) is 13.3. The van der Waals surface area contributed by atoms with Crippen LogP contribution in [0.15, 0.2) is 36.0 Å². The molecular formula is C37H57NO10. The minimum Gasteiger partial charge on any atom is -0.481 e. The smallest absolute Gasteiger partial charge is 0.337 e. The van der Waals surface area contributed by atoms with Crippen LogP contribution < -0.4 is 5.32 Å². The van der Waals surface area contributed by atoms with Gasteiger partial charge < -0.3 is 30.5 Å². The number of ether oxygens (including phenoxy) is 1. The molecule has 270 valence electrons. The van der Waals surface area contributed by atoms with Gasteiger partial charge in [0.1, 0.15) is 11.8 Å². The van der Waals surface area contributed by atoms with E-state index in [1.54, 1.807) is 6.08 Å². The molecule has 0 radical (unpaired) electrons. The zero-order valence-corrected chi connectivity index (χ0v) is 28.6. The molecule has 1 unspecified atom stereocenters. The number of rotatable bonds is 25. The predicted molar refractivity (Wildman–Crippen MR) is 181 cm³/mol. The lowest BCUT2D eigenvalue weighted by Crippen LogP contribution is -2.55. The Kier molecular flexibility index (Phi) is 19.0. The number of aliphatic hydroxyl groups is 1. The molecule has 0 bridgehead atoms. The molecule has 0 heterocycles. The van der Waals surface area contributed by atoms with Crippen molar-refractivity contribution in [3.8, 4) is 0 Å². The van der Waals surface area contributed by atoms with Crippen LogP contribution in [0.1, 0.15) is 135 Å². The number of aliphatic carboxylic acids is 3. The lowest BCUT2D eigenvalue weighted by atomic mass is 9.82. The molecule has 0 aromatic carbocycles. The van der Waals surface area contributed by atoms with Gasteiger partial charge in [-0.1, -0.05) is 95.1 Å². The molecule has 11 nitrogen and oxygen atoms in total. The summed E-state index contributed by atoms with van der Waals surface area (Å²) in [5.41, 5.74) is -2.34. The highest BCUT2D eigenvalue weighted by molar-refractivity contribution is 5.94. The SMILES string of the molecule is CCCCCCCC(=O)CCCCCCC=C[C@H](C(=O)N[C@@H](CC1=CCC(OC2CCCCC2)C=C1)C(=O)O)[C@@](O)(CC(=O)O)C(=O)O. The van der Waals surface area contributed by atoms with Crippen molar-refractivity contribution in [3.05, 3.63) is 36.0 Å². The van der Waals surface area contributed by atoms with Crippen LogP contribution in [0.25, 0.3) is 0 Å². The number of amides is 1. The Bertz CT molecular complexity index is 1140. The van der Waals surface area contributed by atoms with Crippen molar-refractivity contribution in [3.63, 3.8) is 0 Å². The third kappa shape index (κ3) is 15.3. The Morgan fingerprint density at radius 3 is 2.15 bits per heavy atom. The molecule has 48 heavy (non-hydrogen) atoms. The molecule has 2 rings (SSSR count). The van der Waals surface area contributed by atoms with Crippen molar-refractivity contribution in [2.24, 2.45) is 5.92 Å².